The molecular weight excluding hydrogens is 318 g/mol. The maximum absolute atomic E-state index is 12.1. The average molecular weight is 329 g/mol. The molecule has 0 aliphatic rings. The largest absolute Gasteiger partial charge is 0.496 e. The number of benzene rings is 1. The van der Waals surface area contributed by atoms with E-state index in [2.05, 4.69) is 5.32 Å². The highest BCUT2D eigenvalue weighted by Crippen LogP contribution is 2.29. The molecule has 116 valence electrons. The number of nitrogens with zero attached hydrogens (tertiary/aromatic N) is 2. The van der Waals surface area contributed by atoms with Crippen molar-refractivity contribution < 1.29 is 14.5 Å². The molecular formula is C15H11N3O4S. The van der Waals surface area contributed by atoms with E-state index in [0.717, 1.165) is 4.88 Å². The number of rotatable bonds is 5. The average Bonchev–Trinajstić information content (AvgIpc) is 3.05. The van der Waals surface area contributed by atoms with Gasteiger partial charge in [0.25, 0.3) is 11.6 Å². The highest BCUT2D eigenvalue weighted by Gasteiger charge is 2.19. The number of nitriles is 1. The third-order valence-electron chi connectivity index (χ3n) is 2.84. The SMILES string of the molecule is COc1ccc(NC(=O)/C(C#N)=C/c2cccs2)c([N+](=O)[O-])c1. The molecule has 7 nitrogen and oxygen atoms in total. The number of carbonyl (C=O) groups is 1. The number of ether oxygens (including phenoxy) is 1. The lowest BCUT2D eigenvalue weighted by Gasteiger charge is -2.07. The summed E-state index contributed by atoms with van der Waals surface area (Å²) in [5, 5.41) is 24.4. The number of nitrogens with one attached hydrogen (secondary N) is 1. The van der Waals surface area contributed by atoms with Crippen molar-refractivity contribution in [1.82, 2.24) is 0 Å². The molecule has 1 aromatic carbocycles. The van der Waals surface area contributed by atoms with Gasteiger partial charge in [-0.2, -0.15) is 5.26 Å². The lowest BCUT2D eigenvalue weighted by atomic mass is 10.2. The van der Waals surface area contributed by atoms with Crippen LogP contribution in [0.25, 0.3) is 6.08 Å². The van der Waals surface area contributed by atoms with Gasteiger partial charge in [-0.3, -0.25) is 14.9 Å². The quantitative estimate of drug-likeness (QED) is 0.392. The van der Waals surface area contributed by atoms with E-state index in [-0.39, 0.29) is 16.9 Å². The van der Waals surface area contributed by atoms with Crippen LogP contribution in [0.15, 0.2) is 41.3 Å². The summed E-state index contributed by atoms with van der Waals surface area (Å²) in [6.45, 7) is 0. The van der Waals surface area contributed by atoms with E-state index >= 15 is 0 Å². The minimum Gasteiger partial charge on any atom is -0.496 e. The molecule has 0 atom stereocenters. The van der Waals surface area contributed by atoms with Gasteiger partial charge in [0, 0.05) is 4.88 Å². The smallest absolute Gasteiger partial charge is 0.296 e. The summed E-state index contributed by atoms with van der Waals surface area (Å²) in [5.41, 5.74) is -0.461. The van der Waals surface area contributed by atoms with Gasteiger partial charge in [0.2, 0.25) is 0 Å². The molecule has 0 unspecified atom stereocenters. The van der Waals surface area contributed by atoms with Crippen molar-refractivity contribution in [2.45, 2.75) is 0 Å². The van der Waals surface area contributed by atoms with Gasteiger partial charge in [-0.15, -0.1) is 11.3 Å². The van der Waals surface area contributed by atoms with Crippen molar-refractivity contribution in [1.29, 1.82) is 5.26 Å². The van der Waals surface area contributed by atoms with Crippen LogP contribution in [0.3, 0.4) is 0 Å². The Bertz CT molecular complexity index is 807. The molecule has 0 aliphatic carbocycles. The molecule has 2 rings (SSSR count). The van der Waals surface area contributed by atoms with Gasteiger partial charge in [-0.05, 0) is 29.7 Å². The van der Waals surface area contributed by atoms with Gasteiger partial charge in [-0.1, -0.05) is 6.07 Å². The fourth-order valence-corrected chi connectivity index (χ4v) is 2.41. The second-order valence-electron chi connectivity index (χ2n) is 4.28. The molecule has 1 N–H and O–H groups in total. The van der Waals surface area contributed by atoms with Crippen molar-refractivity contribution in [2.75, 3.05) is 12.4 Å². The van der Waals surface area contributed by atoms with E-state index < -0.39 is 10.8 Å². The van der Waals surface area contributed by atoms with Crippen molar-refractivity contribution in [3.63, 3.8) is 0 Å². The van der Waals surface area contributed by atoms with Crippen molar-refractivity contribution in [2.24, 2.45) is 0 Å². The third-order valence-corrected chi connectivity index (χ3v) is 3.66. The zero-order chi connectivity index (χ0) is 16.8. The van der Waals surface area contributed by atoms with Gasteiger partial charge in [0.1, 0.15) is 23.1 Å². The summed E-state index contributed by atoms with van der Waals surface area (Å²) in [5.74, 6) is -0.418. The zero-order valence-electron chi connectivity index (χ0n) is 12.0. The number of hydrogen-bond acceptors (Lipinski definition) is 6. The third kappa shape index (κ3) is 3.93. The van der Waals surface area contributed by atoms with Gasteiger partial charge in [0.05, 0.1) is 18.1 Å². The number of nitro benzene ring substituents is 1. The minimum atomic E-state index is -0.714. The molecule has 0 radical (unpaired) electrons. The normalized spacial score (nSPS) is 10.7. The van der Waals surface area contributed by atoms with Gasteiger partial charge < -0.3 is 10.1 Å². The molecule has 0 saturated heterocycles. The Morgan fingerprint density at radius 2 is 2.26 bits per heavy atom. The van der Waals surface area contributed by atoms with Gasteiger partial charge in [0.15, 0.2) is 0 Å². The fourth-order valence-electron chi connectivity index (χ4n) is 1.75. The number of amides is 1. The standard InChI is InChI=1S/C15H11N3O4S/c1-22-11-4-5-13(14(8-11)18(20)21)17-15(19)10(9-16)7-12-3-2-6-23-12/h2-8H,1H3,(H,17,19)/b10-7+. The maximum Gasteiger partial charge on any atom is 0.296 e. The zero-order valence-corrected chi connectivity index (χ0v) is 12.8. The predicted molar refractivity (Wildman–Crippen MR) is 86.2 cm³/mol. The van der Waals surface area contributed by atoms with Crippen LogP contribution in [0.4, 0.5) is 11.4 Å². The predicted octanol–water partition coefficient (Wildman–Crippen LogP) is 3.21. The molecule has 0 aliphatic heterocycles. The highest BCUT2D eigenvalue weighted by molar-refractivity contribution is 7.10. The first kappa shape index (κ1) is 16.2. The van der Waals surface area contributed by atoms with E-state index in [1.165, 1.54) is 42.7 Å². The summed E-state index contributed by atoms with van der Waals surface area (Å²) < 4.78 is 4.92. The lowest BCUT2D eigenvalue weighted by molar-refractivity contribution is -0.384. The molecule has 0 saturated carbocycles. The number of thiophene rings is 1. The maximum atomic E-state index is 12.1. The molecule has 1 aromatic heterocycles. The molecule has 8 heteroatoms. The molecule has 2 aromatic rings. The van der Waals surface area contributed by atoms with E-state index in [1.54, 1.807) is 18.2 Å². The Morgan fingerprint density at radius 1 is 1.48 bits per heavy atom. The Kier molecular flexibility index (Phi) is 5.07. The summed E-state index contributed by atoms with van der Waals surface area (Å²) in [7, 11) is 1.38. The molecule has 23 heavy (non-hydrogen) atoms. The Hall–Kier alpha value is -3.18. The minimum absolute atomic E-state index is 0.00636. The van der Waals surface area contributed by atoms with Crippen LogP contribution in [0.2, 0.25) is 0 Å². The fraction of sp³-hybridized carbons (Fsp3) is 0.0667. The first-order valence-corrected chi connectivity index (χ1v) is 7.22. The van der Waals surface area contributed by atoms with Crippen LogP contribution < -0.4 is 10.1 Å². The van der Waals surface area contributed by atoms with Crippen LogP contribution >= 0.6 is 11.3 Å². The van der Waals surface area contributed by atoms with Crippen LogP contribution in [0.5, 0.6) is 5.75 Å². The van der Waals surface area contributed by atoms with Crippen LogP contribution in [0.1, 0.15) is 4.88 Å². The summed E-state index contributed by atoms with van der Waals surface area (Å²) in [6, 6.07) is 9.38. The number of nitro groups is 1. The Morgan fingerprint density at radius 3 is 2.83 bits per heavy atom. The number of carbonyl (C=O) groups excluding carboxylic acids is 1. The molecule has 1 amide bonds. The Labute approximate surface area is 135 Å². The highest BCUT2D eigenvalue weighted by atomic mass is 32.1. The summed E-state index contributed by atoms with van der Waals surface area (Å²) >= 11 is 1.37. The molecule has 0 fully saturated rings. The van der Waals surface area contributed by atoms with Gasteiger partial charge in [-0.25, -0.2) is 0 Å². The van der Waals surface area contributed by atoms with E-state index in [1.807, 2.05) is 5.38 Å². The molecule has 0 spiro atoms. The number of anilines is 1. The number of methoxy groups -OCH3 is 1. The van der Waals surface area contributed by atoms with Crippen LogP contribution in [0, 0.1) is 21.4 Å². The van der Waals surface area contributed by atoms with Crippen molar-refractivity contribution >= 4 is 34.7 Å². The molecule has 1 heterocycles. The number of hydrogen-bond donors (Lipinski definition) is 1. The Balaban J connectivity index is 2.29. The van der Waals surface area contributed by atoms with Crippen molar-refractivity contribution in [3.8, 4) is 11.8 Å². The summed E-state index contributed by atoms with van der Waals surface area (Å²) in [6.07, 6.45) is 1.43. The van der Waals surface area contributed by atoms with Crippen LogP contribution in [-0.2, 0) is 4.79 Å². The lowest BCUT2D eigenvalue weighted by Crippen LogP contribution is -2.14. The second-order valence-corrected chi connectivity index (χ2v) is 5.26. The van der Waals surface area contributed by atoms with E-state index in [4.69, 9.17) is 10.00 Å². The monoisotopic (exact) mass is 329 g/mol. The topological polar surface area (TPSA) is 105 Å². The first-order valence-electron chi connectivity index (χ1n) is 6.34. The van der Waals surface area contributed by atoms with Crippen LogP contribution in [-0.4, -0.2) is 17.9 Å². The summed E-state index contributed by atoms with van der Waals surface area (Å²) in [4.78, 5) is 23.3. The second kappa shape index (κ2) is 7.20. The molecule has 0 bridgehead atoms. The van der Waals surface area contributed by atoms with E-state index in [0.29, 0.717) is 5.75 Å². The first-order chi connectivity index (χ1) is 11.0. The van der Waals surface area contributed by atoms with E-state index in [9.17, 15) is 14.9 Å². The van der Waals surface area contributed by atoms with Crippen molar-refractivity contribution in [3.05, 3.63) is 56.3 Å². The van der Waals surface area contributed by atoms with Gasteiger partial charge >= 0.3 is 0 Å².